The highest BCUT2D eigenvalue weighted by atomic mass is 16.6. The van der Waals surface area contributed by atoms with Gasteiger partial charge in [-0.05, 0) is 42.8 Å². The number of fused-ring (bicyclic) bond motifs is 1. The van der Waals surface area contributed by atoms with Crippen molar-refractivity contribution < 1.29 is 19.1 Å². The molecule has 3 amide bonds. The molecule has 2 aromatic rings. The SMILES string of the molecule is Cc1cccc(NC(=O)NC(=O)c2ccc3c(c2)OCCO3)c1. The zero-order chi connectivity index (χ0) is 16.2. The van der Waals surface area contributed by atoms with Crippen LogP contribution in [0.5, 0.6) is 11.5 Å². The smallest absolute Gasteiger partial charge is 0.326 e. The number of aryl methyl sites for hydroxylation is 1. The van der Waals surface area contributed by atoms with Gasteiger partial charge in [-0.1, -0.05) is 12.1 Å². The van der Waals surface area contributed by atoms with Gasteiger partial charge in [0.2, 0.25) is 0 Å². The van der Waals surface area contributed by atoms with Gasteiger partial charge in [0.15, 0.2) is 11.5 Å². The number of carbonyl (C=O) groups is 2. The maximum absolute atomic E-state index is 12.1. The summed E-state index contributed by atoms with van der Waals surface area (Å²) in [6, 6.07) is 11.5. The fourth-order valence-corrected chi connectivity index (χ4v) is 2.25. The summed E-state index contributed by atoms with van der Waals surface area (Å²) in [6.07, 6.45) is 0. The summed E-state index contributed by atoms with van der Waals surface area (Å²) in [6.45, 7) is 2.84. The molecule has 0 atom stereocenters. The van der Waals surface area contributed by atoms with Gasteiger partial charge in [-0.25, -0.2) is 4.79 Å². The zero-order valence-electron chi connectivity index (χ0n) is 12.6. The largest absolute Gasteiger partial charge is 0.486 e. The van der Waals surface area contributed by atoms with Gasteiger partial charge in [0.1, 0.15) is 13.2 Å². The Balaban J connectivity index is 1.65. The van der Waals surface area contributed by atoms with Crippen LogP contribution < -0.4 is 20.1 Å². The van der Waals surface area contributed by atoms with Crippen molar-refractivity contribution in [1.82, 2.24) is 5.32 Å². The van der Waals surface area contributed by atoms with Crippen molar-refractivity contribution in [3.8, 4) is 11.5 Å². The third-order valence-electron chi connectivity index (χ3n) is 3.31. The van der Waals surface area contributed by atoms with E-state index in [1.54, 1.807) is 24.3 Å². The van der Waals surface area contributed by atoms with Gasteiger partial charge in [-0.2, -0.15) is 0 Å². The van der Waals surface area contributed by atoms with E-state index in [1.807, 2.05) is 25.1 Å². The van der Waals surface area contributed by atoms with Crippen molar-refractivity contribution in [2.45, 2.75) is 6.92 Å². The van der Waals surface area contributed by atoms with Crippen LogP contribution in [0.15, 0.2) is 42.5 Å². The van der Waals surface area contributed by atoms with Crippen molar-refractivity contribution in [3.05, 3.63) is 53.6 Å². The Morgan fingerprint density at radius 1 is 1.00 bits per heavy atom. The second-order valence-electron chi connectivity index (χ2n) is 5.14. The Morgan fingerprint density at radius 2 is 1.78 bits per heavy atom. The number of ether oxygens (including phenoxy) is 2. The predicted molar refractivity (Wildman–Crippen MR) is 85.1 cm³/mol. The lowest BCUT2D eigenvalue weighted by molar-refractivity contribution is 0.0966. The van der Waals surface area contributed by atoms with Gasteiger partial charge in [0.25, 0.3) is 5.91 Å². The number of anilines is 1. The molecule has 0 radical (unpaired) electrons. The zero-order valence-corrected chi connectivity index (χ0v) is 12.6. The molecule has 0 bridgehead atoms. The van der Waals surface area contributed by atoms with Crippen molar-refractivity contribution in [1.29, 1.82) is 0 Å². The van der Waals surface area contributed by atoms with E-state index < -0.39 is 11.9 Å². The summed E-state index contributed by atoms with van der Waals surface area (Å²) in [7, 11) is 0. The summed E-state index contributed by atoms with van der Waals surface area (Å²) < 4.78 is 10.8. The fraction of sp³-hybridized carbons (Fsp3) is 0.176. The molecule has 6 nitrogen and oxygen atoms in total. The van der Waals surface area contributed by atoms with Crippen LogP contribution in [-0.4, -0.2) is 25.2 Å². The van der Waals surface area contributed by atoms with Crippen LogP contribution >= 0.6 is 0 Å². The highest BCUT2D eigenvalue weighted by Gasteiger charge is 2.16. The van der Waals surface area contributed by atoms with E-state index in [0.29, 0.717) is 36.0 Å². The van der Waals surface area contributed by atoms with Gasteiger partial charge in [0.05, 0.1) is 0 Å². The van der Waals surface area contributed by atoms with Crippen LogP contribution in [0.2, 0.25) is 0 Å². The lowest BCUT2D eigenvalue weighted by atomic mass is 10.2. The summed E-state index contributed by atoms with van der Waals surface area (Å²) in [4.78, 5) is 24.0. The molecule has 0 saturated carbocycles. The molecule has 3 rings (SSSR count). The molecule has 0 unspecified atom stereocenters. The van der Waals surface area contributed by atoms with Crippen LogP contribution in [0.25, 0.3) is 0 Å². The van der Waals surface area contributed by atoms with E-state index in [0.717, 1.165) is 5.56 Å². The average Bonchev–Trinajstić information content (AvgIpc) is 2.54. The van der Waals surface area contributed by atoms with Crippen molar-refractivity contribution in [2.75, 3.05) is 18.5 Å². The van der Waals surface area contributed by atoms with Crippen molar-refractivity contribution in [3.63, 3.8) is 0 Å². The third-order valence-corrected chi connectivity index (χ3v) is 3.31. The molecule has 1 heterocycles. The van der Waals surface area contributed by atoms with Crippen molar-refractivity contribution >= 4 is 17.6 Å². The Kier molecular flexibility index (Phi) is 4.14. The number of amides is 3. The minimum atomic E-state index is -0.588. The molecular formula is C17H16N2O4. The molecule has 0 fully saturated rings. The molecule has 1 aliphatic heterocycles. The summed E-state index contributed by atoms with van der Waals surface area (Å²) in [5.74, 6) is 0.590. The Labute approximate surface area is 133 Å². The average molecular weight is 312 g/mol. The van der Waals surface area contributed by atoms with Gasteiger partial charge in [0, 0.05) is 11.3 Å². The Bertz CT molecular complexity index is 758. The highest BCUT2D eigenvalue weighted by Crippen LogP contribution is 2.30. The first-order valence-corrected chi connectivity index (χ1v) is 7.20. The standard InChI is InChI=1S/C17H16N2O4/c1-11-3-2-4-13(9-11)18-17(21)19-16(20)12-5-6-14-15(10-12)23-8-7-22-14/h2-6,9-10H,7-8H2,1H3,(H2,18,19,20,21). The molecule has 2 N–H and O–H groups in total. The Hall–Kier alpha value is -3.02. The molecule has 0 aliphatic carbocycles. The van der Waals surface area contributed by atoms with Crippen LogP contribution in [0.4, 0.5) is 10.5 Å². The highest BCUT2D eigenvalue weighted by molar-refractivity contribution is 6.08. The molecule has 1 aliphatic rings. The van der Waals surface area contributed by atoms with E-state index >= 15 is 0 Å². The predicted octanol–water partition coefficient (Wildman–Crippen LogP) is 2.73. The fourth-order valence-electron chi connectivity index (χ4n) is 2.25. The number of urea groups is 1. The number of hydrogen-bond acceptors (Lipinski definition) is 4. The van der Waals surface area contributed by atoms with Gasteiger partial charge >= 0.3 is 6.03 Å². The second-order valence-corrected chi connectivity index (χ2v) is 5.14. The first-order valence-electron chi connectivity index (χ1n) is 7.20. The molecule has 0 spiro atoms. The third kappa shape index (κ3) is 3.60. The maximum atomic E-state index is 12.1. The minimum Gasteiger partial charge on any atom is -0.486 e. The summed E-state index contributed by atoms with van der Waals surface area (Å²) in [5.41, 5.74) is 1.96. The lowest BCUT2D eigenvalue weighted by Crippen LogP contribution is -2.34. The molecule has 0 aromatic heterocycles. The van der Waals surface area contributed by atoms with E-state index in [4.69, 9.17) is 9.47 Å². The van der Waals surface area contributed by atoms with Crippen molar-refractivity contribution in [2.24, 2.45) is 0 Å². The number of imide groups is 1. The van der Waals surface area contributed by atoms with E-state index in [-0.39, 0.29) is 0 Å². The molecule has 2 aromatic carbocycles. The molecule has 118 valence electrons. The van der Waals surface area contributed by atoms with Gasteiger partial charge < -0.3 is 14.8 Å². The minimum absolute atomic E-state index is 0.327. The van der Waals surface area contributed by atoms with Gasteiger partial charge in [-0.3, -0.25) is 10.1 Å². The van der Waals surface area contributed by atoms with Crippen LogP contribution in [0.1, 0.15) is 15.9 Å². The first-order chi connectivity index (χ1) is 11.1. The second kappa shape index (κ2) is 6.39. The molecule has 6 heteroatoms. The number of carbonyl (C=O) groups excluding carboxylic acids is 2. The van der Waals surface area contributed by atoms with Crippen LogP contribution in [0.3, 0.4) is 0 Å². The number of hydrogen-bond donors (Lipinski definition) is 2. The molecule has 23 heavy (non-hydrogen) atoms. The quantitative estimate of drug-likeness (QED) is 0.894. The maximum Gasteiger partial charge on any atom is 0.326 e. The van der Waals surface area contributed by atoms with E-state index in [1.165, 1.54) is 0 Å². The Morgan fingerprint density at radius 3 is 2.57 bits per heavy atom. The van der Waals surface area contributed by atoms with Crippen LogP contribution in [0, 0.1) is 6.92 Å². The summed E-state index contributed by atoms with van der Waals surface area (Å²) >= 11 is 0. The normalized spacial score (nSPS) is 12.4. The number of nitrogens with one attached hydrogen (secondary N) is 2. The topological polar surface area (TPSA) is 76.7 Å². The van der Waals surface area contributed by atoms with E-state index in [2.05, 4.69) is 10.6 Å². The molecular weight excluding hydrogens is 296 g/mol. The monoisotopic (exact) mass is 312 g/mol. The first kappa shape index (κ1) is 14.9. The number of rotatable bonds is 2. The van der Waals surface area contributed by atoms with Gasteiger partial charge in [-0.15, -0.1) is 0 Å². The lowest BCUT2D eigenvalue weighted by Gasteiger charge is -2.18. The molecule has 0 saturated heterocycles. The summed E-state index contributed by atoms with van der Waals surface area (Å²) in [5, 5.41) is 4.90. The number of benzene rings is 2. The van der Waals surface area contributed by atoms with E-state index in [9.17, 15) is 9.59 Å². The van der Waals surface area contributed by atoms with Crippen LogP contribution in [-0.2, 0) is 0 Å².